The van der Waals surface area contributed by atoms with Crippen molar-refractivity contribution >= 4 is 25.8 Å². The van der Waals surface area contributed by atoms with Gasteiger partial charge in [-0.2, -0.15) is 0 Å². The van der Waals surface area contributed by atoms with Crippen molar-refractivity contribution in [1.82, 2.24) is 4.72 Å². The van der Waals surface area contributed by atoms with Gasteiger partial charge in [0.25, 0.3) is 0 Å². The molecule has 0 radical (unpaired) electrons. The van der Waals surface area contributed by atoms with E-state index in [9.17, 15) is 21.6 Å². The molecule has 1 saturated heterocycles. The Kier molecular flexibility index (Phi) is 4.09. The van der Waals surface area contributed by atoms with Gasteiger partial charge < -0.3 is 5.11 Å². The molecule has 1 aliphatic rings. The van der Waals surface area contributed by atoms with E-state index < -0.39 is 31.4 Å². The third kappa shape index (κ3) is 3.47. The number of aryl methyl sites for hydroxylation is 1. The van der Waals surface area contributed by atoms with Crippen LogP contribution >= 0.6 is 0 Å². The van der Waals surface area contributed by atoms with E-state index in [-0.39, 0.29) is 28.4 Å². The van der Waals surface area contributed by atoms with Gasteiger partial charge in [-0.3, -0.25) is 0 Å². The first-order valence-corrected chi connectivity index (χ1v) is 9.83. The summed E-state index contributed by atoms with van der Waals surface area (Å²) in [5.41, 5.74) is -0.833. The van der Waals surface area contributed by atoms with E-state index >= 15 is 0 Å². The lowest BCUT2D eigenvalue weighted by molar-refractivity contribution is 0.0696. The molecule has 0 bridgehead atoms. The van der Waals surface area contributed by atoms with E-state index in [4.69, 9.17) is 5.11 Å². The average Bonchev–Trinajstić information content (AvgIpc) is 2.62. The predicted octanol–water partition coefficient (Wildman–Crippen LogP) is 0.549. The SMILES string of the molecule is Cc1ccc(C(=O)O)cc1S(=O)(=O)N[C@@]1(C)CCS(=O)(=O)C1. The van der Waals surface area contributed by atoms with Crippen LogP contribution in [0.2, 0.25) is 0 Å². The Bertz CT molecular complexity index is 828. The number of hydrogen-bond acceptors (Lipinski definition) is 5. The van der Waals surface area contributed by atoms with Crippen LogP contribution in [0.3, 0.4) is 0 Å². The van der Waals surface area contributed by atoms with E-state index in [1.807, 2.05) is 0 Å². The van der Waals surface area contributed by atoms with Crippen LogP contribution in [0, 0.1) is 6.92 Å². The van der Waals surface area contributed by atoms with E-state index in [1.165, 1.54) is 19.1 Å². The standard InChI is InChI=1S/C13H17NO6S2/c1-9-3-4-10(12(15)16)7-11(9)22(19,20)14-13(2)5-6-21(17,18)8-13/h3-4,7,14H,5-6,8H2,1-2H3,(H,15,16)/t13-/m0/s1. The Labute approximate surface area is 129 Å². The number of rotatable bonds is 4. The first kappa shape index (κ1) is 16.9. The molecule has 1 aromatic rings. The lowest BCUT2D eigenvalue weighted by Crippen LogP contribution is -2.46. The Morgan fingerprint density at radius 1 is 1.36 bits per heavy atom. The number of aromatic carboxylic acids is 1. The minimum absolute atomic E-state index is 0.0693. The van der Waals surface area contributed by atoms with Gasteiger partial charge in [0, 0.05) is 5.54 Å². The molecule has 122 valence electrons. The molecule has 1 aliphatic heterocycles. The molecule has 0 spiro atoms. The minimum atomic E-state index is -4.02. The van der Waals surface area contributed by atoms with Gasteiger partial charge in [-0.25, -0.2) is 26.4 Å². The van der Waals surface area contributed by atoms with Crippen molar-refractivity contribution in [3.63, 3.8) is 0 Å². The summed E-state index contributed by atoms with van der Waals surface area (Å²) in [6.07, 6.45) is 0.187. The topological polar surface area (TPSA) is 118 Å². The number of benzene rings is 1. The van der Waals surface area contributed by atoms with Crippen molar-refractivity contribution in [3.8, 4) is 0 Å². The molecule has 1 fully saturated rings. The van der Waals surface area contributed by atoms with E-state index in [0.29, 0.717) is 5.56 Å². The van der Waals surface area contributed by atoms with E-state index in [0.717, 1.165) is 6.07 Å². The van der Waals surface area contributed by atoms with Gasteiger partial charge in [-0.15, -0.1) is 0 Å². The van der Waals surface area contributed by atoms with Crippen molar-refractivity contribution in [2.45, 2.75) is 30.7 Å². The fourth-order valence-corrected chi connectivity index (χ4v) is 6.38. The molecule has 1 heterocycles. The summed E-state index contributed by atoms with van der Waals surface area (Å²) in [6.45, 7) is 3.08. The maximum absolute atomic E-state index is 12.5. The summed E-state index contributed by atoms with van der Waals surface area (Å²) in [5, 5.41) is 8.97. The number of sulfonamides is 1. The quantitative estimate of drug-likeness (QED) is 0.821. The molecule has 0 aromatic heterocycles. The Hall–Kier alpha value is -1.45. The zero-order chi connectivity index (χ0) is 16.8. The van der Waals surface area contributed by atoms with Crippen LogP contribution < -0.4 is 4.72 Å². The van der Waals surface area contributed by atoms with Gasteiger partial charge in [-0.1, -0.05) is 6.07 Å². The highest BCUT2D eigenvalue weighted by atomic mass is 32.2. The molecular formula is C13H17NO6S2. The van der Waals surface area contributed by atoms with Crippen LogP contribution in [-0.4, -0.2) is 45.0 Å². The van der Waals surface area contributed by atoms with Gasteiger partial charge in [0.15, 0.2) is 9.84 Å². The molecular weight excluding hydrogens is 330 g/mol. The third-order valence-electron chi connectivity index (χ3n) is 3.61. The maximum Gasteiger partial charge on any atom is 0.335 e. The van der Waals surface area contributed by atoms with Crippen LogP contribution in [0.1, 0.15) is 29.3 Å². The zero-order valence-electron chi connectivity index (χ0n) is 12.2. The summed E-state index contributed by atoms with van der Waals surface area (Å²) in [5.74, 6) is -1.57. The van der Waals surface area contributed by atoms with Crippen LogP contribution in [0.15, 0.2) is 23.1 Å². The Morgan fingerprint density at radius 2 is 2.00 bits per heavy atom. The van der Waals surface area contributed by atoms with Crippen LogP contribution in [0.5, 0.6) is 0 Å². The highest BCUT2D eigenvalue weighted by Crippen LogP contribution is 2.26. The smallest absolute Gasteiger partial charge is 0.335 e. The molecule has 0 unspecified atom stereocenters. The molecule has 22 heavy (non-hydrogen) atoms. The van der Waals surface area contributed by atoms with E-state index in [2.05, 4.69) is 4.72 Å². The summed E-state index contributed by atoms with van der Waals surface area (Å²) >= 11 is 0. The average molecular weight is 347 g/mol. The van der Waals surface area contributed by atoms with E-state index in [1.54, 1.807) is 6.92 Å². The summed E-state index contributed by atoms with van der Waals surface area (Å²) in [7, 11) is -7.28. The fourth-order valence-electron chi connectivity index (χ4n) is 2.49. The van der Waals surface area contributed by atoms with Crippen LogP contribution in [0.25, 0.3) is 0 Å². The van der Waals surface area contributed by atoms with Crippen molar-refractivity contribution in [2.24, 2.45) is 0 Å². The minimum Gasteiger partial charge on any atom is -0.478 e. The number of nitrogens with one attached hydrogen (secondary N) is 1. The molecule has 2 N–H and O–H groups in total. The van der Waals surface area contributed by atoms with Gasteiger partial charge in [-0.05, 0) is 38.0 Å². The van der Waals surface area contributed by atoms with Crippen molar-refractivity contribution < 1.29 is 26.7 Å². The number of carbonyl (C=O) groups is 1. The first-order chi connectivity index (χ1) is 9.94. The second-order valence-electron chi connectivity index (χ2n) is 5.79. The number of carboxylic acids is 1. The van der Waals surface area contributed by atoms with Crippen LogP contribution in [-0.2, 0) is 19.9 Å². The maximum atomic E-state index is 12.5. The fraction of sp³-hybridized carbons (Fsp3) is 0.462. The van der Waals surface area contributed by atoms with Gasteiger partial charge in [0.1, 0.15) is 0 Å². The second kappa shape index (κ2) is 5.32. The number of carboxylic acid groups (broad SMARTS) is 1. The molecule has 9 heteroatoms. The molecule has 2 rings (SSSR count). The van der Waals surface area contributed by atoms with Crippen molar-refractivity contribution in [3.05, 3.63) is 29.3 Å². The monoisotopic (exact) mass is 347 g/mol. The van der Waals surface area contributed by atoms with Gasteiger partial charge >= 0.3 is 5.97 Å². The summed E-state index contributed by atoms with van der Waals surface area (Å²) in [4.78, 5) is 10.8. The lowest BCUT2D eigenvalue weighted by atomic mass is 10.0. The second-order valence-corrected chi connectivity index (χ2v) is 9.63. The molecule has 0 amide bonds. The highest BCUT2D eigenvalue weighted by Gasteiger charge is 2.41. The lowest BCUT2D eigenvalue weighted by Gasteiger charge is -2.24. The van der Waals surface area contributed by atoms with Gasteiger partial charge in [0.05, 0.1) is 22.0 Å². The molecule has 1 aromatic carbocycles. The first-order valence-electron chi connectivity index (χ1n) is 6.53. The molecule has 7 nitrogen and oxygen atoms in total. The molecule has 1 atom stereocenters. The molecule has 0 saturated carbocycles. The number of hydrogen-bond donors (Lipinski definition) is 2. The normalized spacial score (nSPS) is 24.3. The largest absolute Gasteiger partial charge is 0.478 e. The zero-order valence-corrected chi connectivity index (χ0v) is 13.8. The highest BCUT2D eigenvalue weighted by molar-refractivity contribution is 7.92. The molecule has 0 aliphatic carbocycles. The summed E-state index contributed by atoms with van der Waals surface area (Å²) in [6, 6.07) is 3.80. The summed E-state index contributed by atoms with van der Waals surface area (Å²) < 4.78 is 50.5. The van der Waals surface area contributed by atoms with Crippen molar-refractivity contribution in [2.75, 3.05) is 11.5 Å². The van der Waals surface area contributed by atoms with Crippen molar-refractivity contribution in [1.29, 1.82) is 0 Å². The predicted molar refractivity (Wildman–Crippen MR) is 80.1 cm³/mol. The number of sulfone groups is 1. The Morgan fingerprint density at radius 3 is 2.50 bits per heavy atom. The Balaban J connectivity index is 2.40. The van der Waals surface area contributed by atoms with Crippen LogP contribution in [0.4, 0.5) is 0 Å². The third-order valence-corrected chi connectivity index (χ3v) is 7.29. The van der Waals surface area contributed by atoms with Gasteiger partial charge in [0.2, 0.25) is 10.0 Å².